The molecule has 1 saturated heterocycles. The van der Waals surface area contributed by atoms with Gasteiger partial charge in [-0.25, -0.2) is 0 Å². The molecule has 7 heteroatoms. The Bertz CT molecular complexity index is 967. The zero-order valence-corrected chi connectivity index (χ0v) is 20.3. The highest BCUT2D eigenvalue weighted by molar-refractivity contribution is 5.97. The molecule has 4 N–H and O–H groups in total. The number of benzene rings is 2. The number of carbonyl (C=O) groups excluding carboxylic acids is 3. The Balaban J connectivity index is 1.50. The number of carbonyl (C=O) groups is 3. The molecule has 0 radical (unpaired) electrons. The average Bonchev–Trinajstić information content (AvgIpc) is 2.83. The smallest absolute Gasteiger partial charge is 0.247 e. The molecule has 3 amide bonds. The summed E-state index contributed by atoms with van der Waals surface area (Å²) in [6.07, 6.45) is 1.60. The molecule has 0 saturated carbocycles. The van der Waals surface area contributed by atoms with E-state index in [0.717, 1.165) is 11.1 Å². The van der Waals surface area contributed by atoms with Crippen molar-refractivity contribution in [3.63, 3.8) is 0 Å². The van der Waals surface area contributed by atoms with Gasteiger partial charge < -0.3 is 21.3 Å². The van der Waals surface area contributed by atoms with Gasteiger partial charge in [-0.15, -0.1) is 0 Å². The molecule has 2 aromatic rings. The molecular weight excluding hydrogens is 428 g/mol. The number of hydrogen-bond acceptors (Lipinski definition) is 4. The van der Waals surface area contributed by atoms with Gasteiger partial charge in [0.15, 0.2) is 0 Å². The molecule has 1 fully saturated rings. The summed E-state index contributed by atoms with van der Waals surface area (Å²) in [5.74, 6) is -0.750. The Hall–Kier alpha value is -3.19. The number of nitrogens with two attached hydrogens (primary N) is 1. The molecule has 0 spiro atoms. The first kappa shape index (κ1) is 25.4. The van der Waals surface area contributed by atoms with Crippen molar-refractivity contribution in [1.29, 1.82) is 0 Å². The van der Waals surface area contributed by atoms with Crippen molar-refractivity contribution in [2.24, 2.45) is 17.6 Å². The Morgan fingerprint density at radius 2 is 1.62 bits per heavy atom. The van der Waals surface area contributed by atoms with Gasteiger partial charge in [0, 0.05) is 24.7 Å². The molecule has 182 valence electrons. The first-order valence-electron chi connectivity index (χ1n) is 12.0. The van der Waals surface area contributed by atoms with Crippen molar-refractivity contribution >= 4 is 23.4 Å². The number of nitrogens with zero attached hydrogens (tertiary/aromatic N) is 1. The summed E-state index contributed by atoms with van der Waals surface area (Å²) >= 11 is 0. The van der Waals surface area contributed by atoms with Crippen LogP contribution in [0.15, 0.2) is 54.6 Å². The Morgan fingerprint density at radius 1 is 1.00 bits per heavy atom. The predicted octanol–water partition coefficient (Wildman–Crippen LogP) is 2.88. The van der Waals surface area contributed by atoms with E-state index in [1.807, 2.05) is 75.4 Å². The maximum Gasteiger partial charge on any atom is 0.247 e. The third-order valence-electron chi connectivity index (χ3n) is 6.36. The summed E-state index contributed by atoms with van der Waals surface area (Å²) in [5, 5.41) is 5.83. The maximum absolute atomic E-state index is 12.9. The fraction of sp³-hybridized carbons (Fsp3) is 0.444. The van der Waals surface area contributed by atoms with E-state index in [0.29, 0.717) is 38.0 Å². The molecule has 3 rings (SSSR count). The lowest BCUT2D eigenvalue weighted by molar-refractivity contribution is -0.137. The van der Waals surface area contributed by atoms with E-state index in [9.17, 15) is 14.4 Å². The number of aryl methyl sites for hydroxylation is 1. The maximum atomic E-state index is 12.9. The Labute approximate surface area is 202 Å². The van der Waals surface area contributed by atoms with Crippen LogP contribution in [-0.2, 0) is 20.8 Å². The third kappa shape index (κ3) is 6.90. The molecule has 1 heterocycles. The summed E-state index contributed by atoms with van der Waals surface area (Å²) in [6, 6.07) is 16.1. The molecule has 0 aromatic heterocycles. The zero-order chi connectivity index (χ0) is 24.7. The van der Waals surface area contributed by atoms with Crippen LogP contribution in [0.4, 0.5) is 5.69 Å². The molecule has 1 aliphatic rings. The lowest BCUT2D eigenvalue weighted by Crippen LogP contribution is -2.52. The molecule has 0 bridgehead atoms. The highest BCUT2D eigenvalue weighted by atomic mass is 16.2. The normalized spacial score (nSPS) is 16.1. The third-order valence-corrected chi connectivity index (χ3v) is 6.36. The fourth-order valence-corrected chi connectivity index (χ4v) is 4.21. The predicted molar refractivity (Wildman–Crippen MR) is 134 cm³/mol. The van der Waals surface area contributed by atoms with Crippen molar-refractivity contribution < 1.29 is 14.4 Å². The number of amides is 3. The van der Waals surface area contributed by atoms with Crippen molar-refractivity contribution in [1.82, 2.24) is 10.2 Å². The highest BCUT2D eigenvalue weighted by Gasteiger charge is 2.32. The molecule has 2 atom stereocenters. The zero-order valence-electron chi connectivity index (χ0n) is 20.3. The van der Waals surface area contributed by atoms with E-state index in [-0.39, 0.29) is 29.6 Å². The summed E-state index contributed by atoms with van der Waals surface area (Å²) in [6.45, 7) is 6.78. The van der Waals surface area contributed by atoms with Crippen molar-refractivity contribution in [3.8, 4) is 0 Å². The van der Waals surface area contributed by atoms with Crippen LogP contribution in [0.3, 0.4) is 0 Å². The van der Waals surface area contributed by atoms with Gasteiger partial charge in [0.2, 0.25) is 17.7 Å². The molecule has 0 aliphatic carbocycles. The van der Waals surface area contributed by atoms with Crippen LogP contribution in [0.5, 0.6) is 0 Å². The van der Waals surface area contributed by atoms with Gasteiger partial charge in [0.05, 0.1) is 6.04 Å². The van der Waals surface area contributed by atoms with Crippen LogP contribution in [0.2, 0.25) is 0 Å². The Morgan fingerprint density at radius 3 is 2.21 bits per heavy atom. The topological polar surface area (TPSA) is 105 Å². The number of nitrogens with one attached hydrogen (secondary N) is 2. The quantitative estimate of drug-likeness (QED) is 0.559. The molecular formula is C27H36N4O3. The largest absolute Gasteiger partial charge is 0.344 e. The van der Waals surface area contributed by atoms with Crippen LogP contribution in [0, 0.1) is 18.8 Å². The first-order valence-corrected chi connectivity index (χ1v) is 12.0. The minimum absolute atomic E-state index is 0.0629. The SMILES string of the molecule is Cc1ccc(NC(=O)C(NC(=O)C2CCN(C(=O)C(N)Cc3ccccc3)CC2)C(C)C)cc1. The lowest BCUT2D eigenvalue weighted by Gasteiger charge is -2.34. The second kappa shape index (κ2) is 11.8. The van der Waals surface area contributed by atoms with Gasteiger partial charge in [-0.2, -0.15) is 0 Å². The van der Waals surface area contributed by atoms with Gasteiger partial charge in [-0.05, 0) is 49.8 Å². The van der Waals surface area contributed by atoms with E-state index in [4.69, 9.17) is 5.73 Å². The van der Waals surface area contributed by atoms with E-state index in [2.05, 4.69) is 10.6 Å². The van der Waals surface area contributed by atoms with Gasteiger partial charge >= 0.3 is 0 Å². The highest BCUT2D eigenvalue weighted by Crippen LogP contribution is 2.20. The van der Waals surface area contributed by atoms with E-state index >= 15 is 0 Å². The van der Waals surface area contributed by atoms with Crippen molar-refractivity contribution in [2.75, 3.05) is 18.4 Å². The molecule has 34 heavy (non-hydrogen) atoms. The van der Waals surface area contributed by atoms with E-state index < -0.39 is 12.1 Å². The fourth-order valence-electron chi connectivity index (χ4n) is 4.21. The second-order valence-electron chi connectivity index (χ2n) is 9.48. The van der Waals surface area contributed by atoms with Crippen LogP contribution in [0.25, 0.3) is 0 Å². The standard InChI is InChI=1S/C27H36N4O3/c1-18(2)24(26(33)29-22-11-9-19(3)10-12-22)30-25(32)21-13-15-31(16-14-21)27(34)23(28)17-20-7-5-4-6-8-20/h4-12,18,21,23-24H,13-17,28H2,1-3H3,(H,29,33)(H,30,32). The van der Waals surface area contributed by atoms with Crippen molar-refractivity contribution in [2.45, 2.75) is 52.1 Å². The van der Waals surface area contributed by atoms with E-state index in [1.165, 1.54) is 0 Å². The molecule has 2 unspecified atom stereocenters. The second-order valence-corrected chi connectivity index (χ2v) is 9.48. The summed E-state index contributed by atoms with van der Waals surface area (Å²) in [4.78, 5) is 40.3. The number of likely N-dealkylation sites (tertiary alicyclic amines) is 1. The van der Waals surface area contributed by atoms with Crippen LogP contribution >= 0.6 is 0 Å². The minimum Gasteiger partial charge on any atom is -0.344 e. The number of anilines is 1. The lowest BCUT2D eigenvalue weighted by atomic mass is 9.93. The van der Waals surface area contributed by atoms with Crippen LogP contribution in [-0.4, -0.2) is 47.8 Å². The molecule has 7 nitrogen and oxygen atoms in total. The van der Waals surface area contributed by atoms with Gasteiger partial charge in [0.25, 0.3) is 0 Å². The monoisotopic (exact) mass is 464 g/mol. The van der Waals surface area contributed by atoms with Crippen LogP contribution in [0.1, 0.15) is 37.8 Å². The summed E-state index contributed by atoms with van der Waals surface area (Å²) < 4.78 is 0. The molecule has 2 aromatic carbocycles. The molecule has 1 aliphatic heterocycles. The first-order chi connectivity index (χ1) is 16.2. The van der Waals surface area contributed by atoms with Gasteiger partial charge in [-0.3, -0.25) is 14.4 Å². The van der Waals surface area contributed by atoms with Gasteiger partial charge in [0.1, 0.15) is 6.04 Å². The number of rotatable bonds is 8. The number of piperidine rings is 1. The minimum atomic E-state index is -0.632. The van der Waals surface area contributed by atoms with Crippen molar-refractivity contribution in [3.05, 3.63) is 65.7 Å². The number of hydrogen-bond donors (Lipinski definition) is 3. The summed E-state index contributed by atoms with van der Waals surface area (Å²) in [7, 11) is 0. The van der Waals surface area contributed by atoms with E-state index in [1.54, 1.807) is 4.90 Å². The van der Waals surface area contributed by atoms with Crippen LogP contribution < -0.4 is 16.4 Å². The average molecular weight is 465 g/mol. The Kier molecular flexibility index (Phi) is 8.82. The van der Waals surface area contributed by atoms with Gasteiger partial charge in [-0.1, -0.05) is 61.9 Å². The summed E-state index contributed by atoms with van der Waals surface area (Å²) in [5.41, 5.74) is 9.00.